The standard InChI is InChI=1S/C12H24N2O/c1-10-11(4-9-15-10)14(2)8-7-12(13)5-3-6-12/h10-11H,3-9,13H2,1-2H3. The Morgan fingerprint density at radius 2 is 2.20 bits per heavy atom. The Kier molecular flexibility index (Phi) is 3.33. The molecule has 0 radical (unpaired) electrons. The van der Waals surface area contributed by atoms with Crippen LogP contribution in [0.1, 0.15) is 39.0 Å². The van der Waals surface area contributed by atoms with E-state index in [-0.39, 0.29) is 5.54 Å². The summed E-state index contributed by atoms with van der Waals surface area (Å²) in [4.78, 5) is 2.44. The van der Waals surface area contributed by atoms with Crippen LogP contribution in [0, 0.1) is 0 Å². The van der Waals surface area contributed by atoms with Crippen molar-refractivity contribution < 1.29 is 4.74 Å². The maximum Gasteiger partial charge on any atom is 0.0702 e. The Bertz CT molecular complexity index is 216. The van der Waals surface area contributed by atoms with Crippen molar-refractivity contribution in [2.45, 2.75) is 56.7 Å². The lowest BCUT2D eigenvalue weighted by Gasteiger charge is -2.40. The monoisotopic (exact) mass is 212 g/mol. The lowest BCUT2D eigenvalue weighted by atomic mass is 9.75. The van der Waals surface area contributed by atoms with Gasteiger partial charge in [-0.1, -0.05) is 0 Å². The maximum atomic E-state index is 6.23. The molecule has 1 saturated carbocycles. The average molecular weight is 212 g/mol. The SMILES string of the molecule is CC1OCCC1N(C)CCC1(N)CCC1. The zero-order valence-corrected chi connectivity index (χ0v) is 10.0. The highest BCUT2D eigenvalue weighted by Gasteiger charge is 2.34. The Hall–Kier alpha value is -0.120. The molecule has 1 saturated heterocycles. The summed E-state index contributed by atoms with van der Waals surface area (Å²) in [5.41, 5.74) is 6.39. The molecule has 1 aliphatic carbocycles. The molecule has 2 atom stereocenters. The van der Waals surface area contributed by atoms with Gasteiger partial charge in [-0.15, -0.1) is 0 Å². The summed E-state index contributed by atoms with van der Waals surface area (Å²) in [5, 5.41) is 0. The Balaban J connectivity index is 1.74. The summed E-state index contributed by atoms with van der Waals surface area (Å²) in [7, 11) is 2.21. The fourth-order valence-electron chi connectivity index (χ4n) is 2.74. The molecule has 2 rings (SSSR count). The summed E-state index contributed by atoms with van der Waals surface area (Å²) >= 11 is 0. The van der Waals surface area contributed by atoms with E-state index in [2.05, 4.69) is 18.9 Å². The molecule has 1 heterocycles. The second-order valence-corrected chi connectivity index (χ2v) is 5.38. The minimum atomic E-state index is 0.164. The molecule has 0 aromatic heterocycles. The molecule has 3 nitrogen and oxygen atoms in total. The molecule has 88 valence electrons. The summed E-state index contributed by atoms with van der Waals surface area (Å²) in [6.45, 7) is 4.22. The lowest BCUT2D eigenvalue weighted by molar-refractivity contribution is 0.0777. The highest BCUT2D eigenvalue weighted by Crippen LogP contribution is 2.32. The van der Waals surface area contributed by atoms with Crippen LogP contribution >= 0.6 is 0 Å². The van der Waals surface area contributed by atoms with Gasteiger partial charge in [-0.05, 0) is 52.6 Å². The lowest BCUT2D eigenvalue weighted by Crippen LogP contribution is -2.49. The van der Waals surface area contributed by atoms with Crippen LogP contribution in [0.3, 0.4) is 0 Å². The van der Waals surface area contributed by atoms with Crippen LogP contribution in [0.4, 0.5) is 0 Å². The first-order valence-corrected chi connectivity index (χ1v) is 6.21. The number of nitrogens with two attached hydrogens (primary N) is 1. The van der Waals surface area contributed by atoms with Crippen LogP contribution in [0.15, 0.2) is 0 Å². The van der Waals surface area contributed by atoms with Gasteiger partial charge in [0.25, 0.3) is 0 Å². The second kappa shape index (κ2) is 4.40. The summed E-state index contributed by atoms with van der Waals surface area (Å²) in [6.07, 6.45) is 6.48. The van der Waals surface area contributed by atoms with Crippen LogP contribution in [0.5, 0.6) is 0 Å². The summed E-state index contributed by atoms with van der Waals surface area (Å²) < 4.78 is 5.59. The first kappa shape index (κ1) is 11.4. The molecule has 2 fully saturated rings. The molecule has 2 aliphatic rings. The van der Waals surface area contributed by atoms with E-state index in [9.17, 15) is 0 Å². The largest absolute Gasteiger partial charge is 0.377 e. The van der Waals surface area contributed by atoms with Gasteiger partial charge in [0.05, 0.1) is 6.10 Å². The normalized spacial score (nSPS) is 34.4. The molecule has 2 unspecified atom stereocenters. The van der Waals surface area contributed by atoms with Crippen LogP contribution in [0.25, 0.3) is 0 Å². The molecule has 0 spiro atoms. The van der Waals surface area contributed by atoms with E-state index in [1.807, 2.05) is 0 Å². The van der Waals surface area contributed by atoms with E-state index in [0.717, 1.165) is 19.6 Å². The molecular weight excluding hydrogens is 188 g/mol. The Labute approximate surface area is 93.0 Å². The highest BCUT2D eigenvalue weighted by molar-refractivity contribution is 4.93. The topological polar surface area (TPSA) is 38.5 Å². The van der Waals surface area contributed by atoms with Crippen LogP contribution < -0.4 is 5.73 Å². The molecule has 0 aromatic rings. The van der Waals surface area contributed by atoms with E-state index in [4.69, 9.17) is 10.5 Å². The van der Waals surface area contributed by atoms with Crippen molar-refractivity contribution in [3.63, 3.8) is 0 Å². The van der Waals surface area contributed by atoms with Crippen molar-refractivity contribution >= 4 is 0 Å². The predicted molar refractivity (Wildman–Crippen MR) is 61.8 cm³/mol. The van der Waals surface area contributed by atoms with Crippen molar-refractivity contribution in [1.29, 1.82) is 0 Å². The van der Waals surface area contributed by atoms with E-state index in [0.29, 0.717) is 12.1 Å². The molecule has 3 heteroatoms. The zero-order chi connectivity index (χ0) is 10.9. The summed E-state index contributed by atoms with van der Waals surface area (Å²) in [6, 6.07) is 0.605. The van der Waals surface area contributed by atoms with Crippen molar-refractivity contribution in [2.75, 3.05) is 20.2 Å². The quantitative estimate of drug-likeness (QED) is 0.765. The van der Waals surface area contributed by atoms with E-state index in [1.54, 1.807) is 0 Å². The van der Waals surface area contributed by atoms with Gasteiger partial charge in [0.2, 0.25) is 0 Å². The number of ether oxygens (including phenoxy) is 1. The molecule has 2 N–H and O–H groups in total. The molecular formula is C12H24N2O. The number of hydrogen-bond donors (Lipinski definition) is 1. The number of hydrogen-bond acceptors (Lipinski definition) is 3. The van der Waals surface area contributed by atoms with E-state index >= 15 is 0 Å². The van der Waals surface area contributed by atoms with Gasteiger partial charge < -0.3 is 15.4 Å². The van der Waals surface area contributed by atoms with Crippen molar-refractivity contribution in [3.05, 3.63) is 0 Å². The predicted octanol–water partition coefficient (Wildman–Crippen LogP) is 1.37. The highest BCUT2D eigenvalue weighted by atomic mass is 16.5. The first-order valence-electron chi connectivity index (χ1n) is 6.21. The van der Waals surface area contributed by atoms with Gasteiger partial charge >= 0.3 is 0 Å². The van der Waals surface area contributed by atoms with Gasteiger partial charge in [0.15, 0.2) is 0 Å². The molecule has 0 amide bonds. The maximum absolute atomic E-state index is 6.23. The number of rotatable bonds is 4. The summed E-state index contributed by atoms with van der Waals surface area (Å²) in [5.74, 6) is 0. The zero-order valence-electron chi connectivity index (χ0n) is 10.0. The van der Waals surface area contributed by atoms with Gasteiger partial charge in [0, 0.05) is 18.2 Å². The first-order chi connectivity index (χ1) is 7.11. The van der Waals surface area contributed by atoms with E-state index < -0.39 is 0 Å². The van der Waals surface area contributed by atoms with Crippen LogP contribution in [0.2, 0.25) is 0 Å². The smallest absolute Gasteiger partial charge is 0.0702 e. The van der Waals surface area contributed by atoms with Gasteiger partial charge in [-0.25, -0.2) is 0 Å². The molecule has 1 aliphatic heterocycles. The average Bonchev–Trinajstić information content (AvgIpc) is 2.58. The number of nitrogens with zero attached hydrogens (tertiary/aromatic N) is 1. The van der Waals surface area contributed by atoms with Crippen molar-refractivity contribution in [3.8, 4) is 0 Å². The van der Waals surface area contributed by atoms with Crippen molar-refractivity contribution in [1.82, 2.24) is 4.90 Å². The van der Waals surface area contributed by atoms with Gasteiger partial charge in [-0.2, -0.15) is 0 Å². The minimum Gasteiger partial charge on any atom is -0.377 e. The Morgan fingerprint density at radius 3 is 2.67 bits per heavy atom. The van der Waals surface area contributed by atoms with Gasteiger partial charge in [0.1, 0.15) is 0 Å². The molecule has 15 heavy (non-hydrogen) atoms. The minimum absolute atomic E-state index is 0.164. The van der Waals surface area contributed by atoms with Crippen LogP contribution in [-0.4, -0.2) is 42.8 Å². The second-order valence-electron chi connectivity index (χ2n) is 5.38. The van der Waals surface area contributed by atoms with E-state index in [1.165, 1.54) is 25.7 Å². The Morgan fingerprint density at radius 1 is 1.47 bits per heavy atom. The fourth-order valence-corrected chi connectivity index (χ4v) is 2.74. The van der Waals surface area contributed by atoms with Crippen LogP contribution in [-0.2, 0) is 4.74 Å². The third kappa shape index (κ3) is 2.52. The number of likely N-dealkylation sites (N-methyl/N-ethyl adjacent to an activating group) is 1. The fraction of sp³-hybridized carbons (Fsp3) is 1.00. The van der Waals surface area contributed by atoms with Crippen molar-refractivity contribution in [2.24, 2.45) is 5.73 Å². The molecule has 0 aromatic carbocycles. The molecule has 0 bridgehead atoms. The third-order valence-electron chi connectivity index (χ3n) is 4.21. The third-order valence-corrected chi connectivity index (χ3v) is 4.21. The van der Waals surface area contributed by atoms with Gasteiger partial charge in [-0.3, -0.25) is 0 Å².